The maximum atomic E-state index is 12.3. The van der Waals surface area contributed by atoms with Gasteiger partial charge >= 0.3 is 10.1 Å². The second-order valence-corrected chi connectivity index (χ2v) is 7.29. The quantitative estimate of drug-likeness (QED) is 0.646. The van der Waals surface area contributed by atoms with Gasteiger partial charge in [-0.05, 0) is 49.2 Å². The van der Waals surface area contributed by atoms with Gasteiger partial charge in [-0.15, -0.1) is 0 Å². The van der Waals surface area contributed by atoms with Crippen molar-refractivity contribution < 1.29 is 12.6 Å². The molecule has 0 unspecified atom stereocenters. The summed E-state index contributed by atoms with van der Waals surface area (Å²) in [6, 6.07) is 21.8. The molecule has 0 bridgehead atoms. The highest BCUT2D eigenvalue weighted by Gasteiger charge is 2.16. The van der Waals surface area contributed by atoms with Crippen molar-refractivity contribution in [3.05, 3.63) is 83.9 Å². The van der Waals surface area contributed by atoms with Gasteiger partial charge in [-0.2, -0.15) is 8.42 Å². The fourth-order valence-corrected chi connectivity index (χ4v) is 3.26. The van der Waals surface area contributed by atoms with E-state index in [1.54, 1.807) is 36.4 Å². The molecule has 0 spiro atoms. The summed E-state index contributed by atoms with van der Waals surface area (Å²) in [4.78, 5) is 0.149. The molecular weight excluding hydrogens is 320 g/mol. The third-order valence-electron chi connectivity index (χ3n) is 3.75. The SMILES string of the molecule is Cc1ccc(-c2ccc(OS(=O)(=O)c3ccc(C)cc3)cc2)cc1. The van der Waals surface area contributed by atoms with Crippen LogP contribution in [0.5, 0.6) is 5.75 Å². The first-order valence-corrected chi connectivity index (χ1v) is 9.03. The molecule has 0 aliphatic carbocycles. The highest BCUT2D eigenvalue weighted by Crippen LogP contribution is 2.25. The Morgan fingerprint density at radius 3 is 1.54 bits per heavy atom. The summed E-state index contributed by atoms with van der Waals surface area (Å²) in [5.41, 5.74) is 4.28. The molecule has 0 N–H and O–H groups in total. The molecule has 0 amide bonds. The molecule has 0 aliphatic rings. The normalized spacial score (nSPS) is 11.2. The van der Waals surface area contributed by atoms with Crippen molar-refractivity contribution in [2.45, 2.75) is 18.7 Å². The average molecular weight is 338 g/mol. The zero-order valence-electron chi connectivity index (χ0n) is 13.6. The molecule has 0 heterocycles. The molecule has 0 saturated carbocycles. The van der Waals surface area contributed by atoms with Crippen LogP contribution in [0, 0.1) is 13.8 Å². The van der Waals surface area contributed by atoms with Gasteiger partial charge in [-0.1, -0.05) is 59.7 Å². The predicted octanol–water partition coefficient (Wildman–Crippen LogP) is 4.74. The van der Waals surface area contributed by atoms with Gasteiger partial charge in [-0.25, -0.2) is 0 Å². The van der Waals surface area contributed by atoms with Gasteiger partial charge in [-0.3, -0.25) is 0 Å². The molecule has 3 aromatic carbocycles. The van der Waals surface area contributed by atoms with E-state index < -0.39 is 10.1 Å². The molecule has 0 fully saturated rings. The summed E-state index contributed by atoms with van der Waals surface area (Å²) >= 11 is 0. The van der Waals surface area contributed by atoms with Gasteiger partial charge < -0.3 is 4.18 Å². The smallest absolute Gasteiger partial charge is 0.339 e. The van der Waals surface area contributed by atoms with Gasteiger partial charge in [0.2, 0.25) is 0 Å². The Kier molecular flexibility index (Phi) is 4.40. The summed E-state index contributed by atoms with van der Waals surface area (Å²) in [7, 11) is -3.81. The molecule has 0 atom stereocenters. The highest BCUT2D eigenvalue weighted by atomic mass is 32.2. The van der Waals surface area contributed by atoms with Gasteiger partial charge in [0.25, 0.3) is 0 Å². The molecule has 0 radical (unpaired) electrons. The van der Waals surface area contributed by atoms with E-state index in [2.05, 4.69) is 0 Å². The van der Waals surface area contributed by atoms with E-state index in [1.165, 1.54) is 5.56 Å². The van der Waals surface area contributed by atoms with E-state index in [1.807, 2.05) is 50.2 Å². The van der Waals surface area contributed by atoms with Crippen LogP contribution < -0.4 is 4.18 Å². The van der Waals surface area contributed by atoms with Gasteiger partial charge in [0.05, 0.1) is 0 Å². The maximum absolute atomic E-state index is 12.3. The first-order valence-electron chi connectivity index (χ1n) is 7.62. The molecule has 0 aliphatic heterocycles. The van der Waals surface area contributed by atoms with Crippen molar-refractivity contribution in [1.82, 2.24) is 0 Å². The Hall–Kier alpha value is -2.59. The maximum Gasteiger partial charge on any atom is 0.339 e. The summed E-state index contributed by atoms with van der Waals surface area (Å²) < 4.78 is 29.8. The van der Waals surface area contributed by atoms with E-state index in [0.29, 0.717) is 5.75 Å². The van der Waals surface area contributed by atoms with Crippen molar-refractivity contribution in [3.63, 3.8) is 0 Å². The zero-order chi connectivity index (χ0) is 17.2. The fourth-order valence-electron chi connectivity index (χ4n) is 2.33. The van der Waals surface area contributed by atoms with Gasteiger partial charge in [0.1, 0.15) is 10.6 Å². The molecule has 3 rings (SSSR count). The fraction of sp³-hybridized carbons (Fsp3) is 0.100. The average Bonchev–Trinajstić information content (AvgIpc) is 2.56. The molecular formula is C20H18O3S. The van der Waals surface area contributed by atoms with Crippen LogP contribution in [0.4, 0.5) is 0 Å². The summed E-state index contributed by atoms with van der Waals surface area (Å²) in [6.45, 7) is 3.94. The van der Waals surface area contributed by atoms with E-state index in [9.17, 15) is 8.42 Å². The number of hydrogen-bond acceptors (Lipinski definition) is 3. The van der Waals surface area contributed by atoms with Crippen molar-refractivity contribution in [2.24, 2.45) is 0 Å². The molecule has 3 aromatic rings. The number of benzene rings is 3. The summed E-state index contributed by atoms with van der Waals surface area (Å²) in [5, 5.41) is 0. The monoisotopic (exact) mass is 338 g/mol. The lowest BCUT2D eigenvalue weighted by atomic mass is 10.0. The van der Waals surface area contributed by atoms with Gasteiger partial charge in [0.15, 0.2) is 0 Å². The Balaban J connectivity index is 1.81. The van der Waals surface area contributed by atoms with Crippen molar-refractivity contribution in [1.29, 1.82) is 0 Å². The first-order chi connectivity index (χ1) is 11.4. The largest absolute Gasteiger partial charge is 0.379 e. The second-order valence-electron chi connectivity index (χ2n) is 5.74. The molecule has 4 heteroatoms. The van der Waals surface area contributed by atoms with E-state index in [-0.39, 0.29) is 4.90 Å². The van der Waals surface area contributed by atoms with Crippen LogP contribution in [0.15, 0.2) is 77.7 Å². The van der Waals surface area contributed by atoms with Crippen LogP contribution in [-0.2, 0) is 10.1 Å². The van der Waals surface area contributed by atoms with Crippen molar-refractivity contribution >= 4 is 10.1 Å². The van der Waals surface area contributed by atoms with Crippen molar-refractivity contribution in [2.75, 3.05) is 0 Å². The lowest BCUT2D eigenvalue weighted by molar-refractivity contribution is 0.486. The van der Waals surface area contributed by atoms with Crippen LogP contribution in [0.1, 0.15) is 11.1 Å². The van der Waals surface area contributed by atoms with Gasteiger partial charge in [0, 0.05) is 0 Å². The van der Waals surface area contributed by atoms with E-state index >= 15 is 0 Å². The minimum Gasteiger partial charge on any atom is -0.379 e. The summed E-state index contributed by atoms with van der Waals surface area (Å²) in [5.74, 6) is 0.298. The predicted molar refractivity (Wildman–Crippen MR) is 95.6 cm³/mol. The number of hydrogen-bond donors (Lipinski definition) is 0. The minimum absolute atomic E-state index is 0.149. The Labute approximate surface area is 142 Å². The minimum atomic E-state index is -3.81. The summed E-state index contributed by atoms with van der Waals surface area (Å²) in [6.07, 6.45) is 0. The van der Waals surface area contributed by atoms with Crippen LogP contribution >= 0.6 is 0 Å². The lowest BCUT2D eigenvalue weighted by Crippen LogP contribution is -2.09. The topological polar surface area (TPSA) is 43.4 Å². The van der Waals surface area contributed by atoms with Crippen LogP contribution in [0.3, 0.4) is 0 Å². The third-order valence-corrected chi connectivity index (χ3v) is 5.02. The van der Waals surface area contributed by atoms with Crippen LogP contribution in [0.2, 0.25) is 0 Å². The number of rotatable bonds is 4. The van der Waals surface area contributed by atoms with E-state index in [0.717, 1.165) is 16.7 Å². The Morgan fingerprint density at radius 1 is 0.625 bits per heavy atom. The Morgan fingerprint density at radius 2 is 1.04 bits per heavy atom. The molecule has 122 valence electrons. The second kappa shape index (κ2) is 6.49. The zero-order valence-corrected chi connectivity index (χ0v) is 14.4. The molecule has 3 nitrogen and oxygen atoms in total. The van der Waals surface area contributed by atoms with Crippen LogP contribution in [-0.4, -0.2) is 8.42 Å². The highest BCUT2D eigenvalue weighted by molar-refractivity contribution is 7.87. The molecule has 24 heavy (non-hydrogen) atoms. The number of aryl methyl sites for hydroxylation is 2. The first kappa shape index (κ1) is 16.3. The standard InChI is InChI=1S/C20H18O3S/c1-15-3-7-17(8-4-15)18-9-11-19(12-10-18)23-24(21,22)20-13-5-16(2)6-14-20/h3-14H,1-2H3. The molecule has 0 aromatic heterocycles. The van der Waals surface area contributed by atoms with E-state index in [4.69, 9.17) is 4.18 Å². The van der Waals surface area contributed by atoms with Crippen LogP contribution in [0.25, 0.3) is 11.1 Å². The third kappa shape index (κ3) is 3.66. The Bertz CT molecular complexity index is 924. The van der Waals surface area contributed by atoms with Crippen molar-refractivity contribution in [3.8, 4) is 16.9 Å². The lowest BCUT2D eigenvalue weighted by Gasteiger charge is -2.08. The molecule has 0 saturated heterocycles.